The van der Waals surface area contributed by atoms with Crippen molar-refractivity contribution < 1.29 is 19.0 Å². The van der Waals surface area contributed by atoms with Crippen molar-refractivity contribution in [1.82, 2.24) is 0 Å². The molecule has 1 fully saturated rings. The van der Waals surface area contributed by atoms with Crippen molar-refractivity contribution in [2.75, 3.05) is 24.7 Å². The average molecular weight is 416 g/mol. The van der Waals surface area contributed by atoms with Crippen LogP contribution in [0.3, 0.4) is 0 Å². The van der Waals surface area contributed by atoms with E-state index in [4.69, 9.17) is 25.8 Å². The first-order chi connectivity index (χ1) is 14.2. The lowest BCUT2D eigenvalue weighted by Crippen LogP contribution is -2.47. The molecule has 6 heteroatoms. The van der Waals surface area contributed by atoms with Crippen LogP contribution in [0.2, 0.25) is 5.02 Å². The van der Waals surface area contributed by atoms with E-state index in [1.54, 1.807) is 11.0 Å². The number of carbonyl (C=O) groups is 1. The normalized spacial score (nSPS) is 17.6. The minimum absolute atomic E-state index is 0.235. The number of para-hydroxylation sites is 2. The Morgan fingerprint density at radius 1 is 1.10 bits per heavy atom. The molecule has 0 unspecified atom stereocenters. The van der Waals surface area contributed by atoms with Crippen molar-refractivity contribution in [1.29, 1.82) is 0 Å². The topological polar surface area (TPSA) is 48.0 Å². The first kappa shape index (κ1) is 20.2. The Hall–Kier alpha value is -2.08. The number of rotatable bonds is 7. The molecule has 2 heterocycles. The number of ether oxygens (including phenoxy) is 3. The van der Waals surface area contributed by atoms with Gasteiger partial charge in [-0.1, -0.05) is 61.7 Å². The molecule has 1 amide bonds. The van der Waals surface area contributed by atoms with E-state index in [-0.39, 0.29) is 5.91 Å². The van der Waals surface area contributed by atoms with Crippen LogP contribution in [0.15, 0.2) is 42.5 Å². The molecule has 1 spiro atoms. The van der Waals surface area contributed by atoms with Crippen LogP contribution in [0.25, 0.3) is 0 Å². The van der Waals surface area contributed by atoms with Crippen LogP contribution in [-0.4, -0.2) is 25.7 Å². The van der Waals surface area contributed by atoms with E-state index < -0.39 is 5.79 Å². The number of amides is 1. The van der Waals surface area contributed by atoms with Crippen LogP contribution in [-0.2, 0) is 26.6 Å². The van der Waals surface area contributed by atoms with Gasteiger partial charge in [0, 0.05) is 11.1 Å². The molecule has 0 saturated carbocycles. The minimum atomic E-state index is -1.39. The van der Waals surface area contributed by atoms with Crippen molar-refractivity contribution in [2.24, 2.45) is 0 Å². The van der Waals surface area contributed by atoms with Gasteiger partial charge in [-0.3, -0.25) is 4.79 Å². The second kappa shape index (κ2) is 8.74. The molecule has 1 saturated heterocycles. The Bertz CT molecular complexity index is 879. The molecule has 0 atom stereocenters. The molecule has 5 nitrogen and oxygen atoms in total. The number of carbonyl (C=O) groups excluding carboxylic acids is 1. The monoisotopic (exact) mass is 415 g/mol. The molecule has 154 valence electrons. The average Bonchev–Trinajstić information content (AvgIpc) is 2.97. The van der Waals surface area contributed by atoms with E-state index in [1.807, 2.05) is 36.4 Å². The van der Waals surface area contributed by atoms with Crippen LogP contribution < -0.4 is 9.64 Å². The summed E-state index contributed by atoms with van der Waals surface area (Å²) >= 11 is 6.52. The van der Waals surface area contributed by atoms with Crippen molar-refractivity contribution in [3.63, 3.8) is 0 Å². The standard InChI is InChI=1S/C23H26ClNO4/c1-2-3-6-13-27-20-12-5-4-9-17(20)16-25-21-18(10-7-11-19(21)24)23(22(25)26)28-14-8-15-29-23/h4-5,7,9-12H,2-3,6,8,13-16H2,1H3. The quantitative estimate of drug-likeness (QED) is 0.594. The highest BCUT2D eigenvalue weighted by Crippen LogP contribution is 2.49. The fraction of sp³-hybridized carbons (Fsp3) is 0.435. The summed E-state index contributed by atoms with van der Waals surface area (Å²) in [6.45, 7) is 4.12. The zero-order valence-electron chi connectivity index (χ0n) is 16.7. The van der Waals surface area contributed by atoms with Crippen molar-refractivity contribution in [3.8, 4) is 5.75 Å². The van der Waals surface area contributed by atoms with Crippen LogP contribution >= 0.6 is 11.6 Å². The van der Waals surface area contributed by atoms with Crippen LogP contribution in [0.4, 0.5) is 5.69 Å². The number of hydrogen-bond acceptors (Lipinski definition) is 4. The summed E-state index contributed by atoms with van der Waals surface area (Å²) in [7, 11) is 0. The molecule has 2 aliphatic rings. The largest absolute Gasteiger partial charge is 0.493 e. The molecule has 0 radical (unpaired) electrons. The Morgan fingerprint density at radius 2 is 1.90 bits per heavy atom. The smallest absolute Gasteiger partial charge is 0.292 e. The number of nitrogens with zero attached hydrogens (tertiary/aromatic N) is 1. The van der Waals surface area contributed by atoms with Crippen molar-refractivity contribution in [3.05, 3.63) is 58.6 Å². The molecule has 2 aromatic carbocycles. The van der Waals surface area contributed by atoms with Gasteiger partial charge in [0.1, 0.15) is 5.75 Å². The van der Waals surface area contributed by atoms with Crippen LogP contribution in [0, 0.1) is 0 Å². The summed E-state index contributed by atoms with van der Waals surface area (Å²) in [5, 5.41) is 0.506. The molecular formula is C23H26ClNO4. The van der Waals surface area contributed by atoms with Gasteiger partial charge in [0.05, 0.1) is 37.1 Å². The Labute approximate surface area is 176 Å². The lowest BCUT2D eigenvalue weighted by atomic mass is 10.1. The third kappa shape index (κ3) is 3.75. The molecule has 0 N–H and O–H groups in total. The fourth-order valence-electron chi connectivity index (χ4n) is 3.89. The van der Waals surface area contributed by atoms with E-state index in [2.05, 4.69) is 6.92 Å². The van der Waals surface area contributed by atoms with Gasteiger partial charge in [-0.05, 0) is 25.0 Å². The van der Waals surface area contributed by atoms with Gasteiger partial charge < -0.3 is 19.1 Å². The molecule has 29 heavy (non-hydrogen) atoms. The lowest BCUT2D eigenvalue weighted by molar-refractivity contribution is -0.256. The van der Waals surface area contributed by atoms with Crippen molar-refractivity contribution >= 4 is 23.2 Å². The lowest BCUT2D eigenvalue weighted by Gasteiger charge is -2.32. The Kier molecular flexibility index (Phi) is 6.09. The third-order valence-electron chi connectivity index (χ3n) is 5.34. The molecule has 0 bridgehead atoms. The molecule has 0 aromatic heterocycles. The summed E-state index contributed by atoms with van der Waals surface area (Å²) in [5.41, 5.74) is 2.26. The second-order valence-corrected chi connectivity index (χ2v) is 7.76. The predicted octanol–water partition coefficient (Wildman–Crippen LogP) is 5.05. The fourth-order valence-corrected chi connectivity index (χ4v) is 4.17. The number of hydrogen-bond donors (Lipinski definition) is 0. The van der Waals surface area contributed by atoms with E-state index in [1.165, 1.54) is 0 Å². The van der Waals surface area contributed by atoms with Gasteiger partial charge in [0.2, 0.25) is 0 Å². The maximum absolute atomic E-state index is 13.5. The summed E-state index contributed by atoms with van der Waals surface area (Å²) in [5.74, 6) is -0.840. The predicted molar refractivity (Wildman–Crippen MR) is 112 cm³/mol. The SMILES string of the molecule is CCCCCOc1ccccc1CN1C(=O)C2(OCCCO2)c2cccc(Cl)c21. The Morgan fingerprint density at radius 3 is 2.69 bits per heavy atom. The number of halogens is 1. The maximum Gasteiger partial charge on any atom is 0.292 e. The zero-order valence-corrected chi connectivity index (χ0v) is 17.4. The zero-order chi connectivity index (χ0) is 20.3. The van der Waals surface area contributed by atoms with E-state index >= 15 is 0 Å². The van der Waals surface area contributed by atoms with E-state index in [0.29, 0.717) is 42.6 Å². The minimum Gasteiger partial charge on any atom is -0.493 e. The van der Waals surface area contributed by atoms with Crippen LogP contribution in [0.5, 0.6) is 5.75 Å². The highest BCUT2D eigenvalue weighted by atomic mass is 35.5. The highest BCUT2D eigenvalue weighted by Gasteiger charge is 2.55. The van der Waals surface area contributed by atoms with Gasteiger partial charge in [-0.2, -0.15) is 0 Å². The van der Waals surface area contributed by atoms with E-state index in [9.17, 15) is 4.79 Å². The first-order valence-electron chi connectivity index (χ1n) is 10.3. The molecular weight excluding hydrogens is 390 g/mol. The van der Waals surface area contributed by atoms with Gasteiger partial charge in [-0.25, -0.2) is 0 Å². The van der Waals surface area contributed by atoms with Crippen LogP contribution in [0.1, 0.15) is 43.7 Å². The molecule has 2 aromatic rings. The van der Waals surface area contributed by atoms with Gasteiger partial charge >= 0.3 is 0 Å². The van der Waals surface area contributed by atoms with Gasteiger partial charge in [-0.15, -0.1) is 0 Å². The number of fused-ring (bicyclic) bond motifs is 2. The Balaban J connectivity index is 1.64. The summed E-state index contributed by atoms with van der Waals surface area (Å²) in [6, 6.07) is 13.3. The second-order valence-electron chi connectivity index (χ2n) is 7.36. The molecule has 4 rings (SSSR count). The number of unbranched alkanes of at least 4 members (excludes halogenated alkanes) is 2. The van der Waals surface area contributed by atoms with Crippen molar-refractivity contribution in [2.45, 2.75) is 44.9 Å². The molecule has 0 aliphatic carbocycles. The highest BCUT2D eigenvalue weighted by molar-refractivity contribution is 6.35. The summed E-state index contributed by atoms with van der Waals surface area (Å²) in [4.78, 5) is 15.1. The third-order valence-corrected chi connectivity index (χ3v) is 5.65. The summed E-state index contributed by atoms with van der Waals surface area (Å²) in [6.07, 6.45) is 4.05. The maximum atomic E-state index is 13.5. The van der Waals surface area contributed by atoms with Gasteiger partial charge in [0.15, 0.2) is 0 Å². The number of benzene rings is 2. The summed E-state index contributed by atoms with van der Waals surface area (Å²) < 4.78 is 17.8. The first-order valence-corrected chi connectivity index (χ1v) is 10.6. The van der Waals surface area contributed by atoms with E-state index in [0.717, 1.165) is 37.0 Å². The molecule has 2 aliphatic heterocycles. The number of anilines is 1. The van der Waals surface area contributed by atoms with Gasteiger partial charge in [0.25, 0.3) is 11.7 Å².